The number of hydrogen-bond donors (Lipinski definition) is 3. The summed E-state index contributed by atoms with van der Waals surface area (Å²) in [5.74, 6) is 0. The van der Waals surface area contributed by atoms with Crippen molar-refractivity contribution in [2.45, 2.75) is 11.8 Å². The second kappa shape index (κ2) is 7.95. The average Bonchev–Trinajstić information content (AvgIpc) is 2.63. The van der Waals surface area contributed by atoms with E-state index in [4.69, 9.17) is 0 Å². The lowest BCUT2D eigenvalue weighted by atomic mass is 10.2. The number of aliphatic imine (C=N–C) groups is 1. The number of anilines is 1. The van der Waals surface area contributed by atoms with Crippen molar-refractivity contribution in [3.05, 3.63) is 85.1 Å². The third kappa shape index (κ3) is 4.65. The van der Waals surface area contributed by atoms with Crippen LogP contribution in [0, 0.1) is 6.92 Å². The maximum atomic E-state index is 12.7. The summed E-state index contributed by atoms with van der Waals surface area (Å²) < 4.78 is 28.5. The zero-order valence-electron chi connectivity index (χ0n) is 14.6. The van der Waals surface area contributed by atoms with E-state index in [0.29, 0.717) is 10.0 Å². The number of halogens is 1. The summed E-state index contributed by atoms with van der Waals surface area (Å²) in [6.45, 7) is 1.87. The Morgan fingerprint density at radius 3 is 2.50 bits per heavy atom. The quantitative estimate of drug-likeness (QED) is 0.504. The van der Waals surface area contributed by atoms with Crippen molar-refractivity contribution in [1.29, 1.82) is 0 Å². The fraction of sp³-hybridized carbons (Fsp3) is 0.0556. The molecular formula is C18H15BrN4O4S. The smallest absolute Gasteiger partial charge is 0.312 e. The number of hydrogen-bond acceptors (Lipinski definition) is 5. The third-order valence-electron chi connectivity index (χ3n) is 3.73. The van der Waals surface area contributed by atoms with Crippen LogP contribution in [0.4, 0.5) is 11.4 Å². The van der Waals surface area contributed by atoms with Crippen molar-refractivity contribution in [3.63, 3.8) is 0 Å². The minimum atomic E-state index is -3.80. The molecule has 2 aromatic carbocycles. The third-order valence-corrected chi connectivity index (χ3v) is 5.61. The predicted octanol–water partition coefficient (Wildman–Crippen LogP) is 2.69. The van der Waals surface area contributed by atoms with Gasteiger partial charge < -0.3 is 4.98 Å². The Hall–Kier alpha value is -2.98. The Morgan fingerprint density at radius 1 is 1.11 bits per heavy atom. The Bertz CT molecular complexity index is 1260. The number of benzene rings is 2. The van der Waals surface area contributed by atoms with Gasteiger partial charge in [-0.25, -0.2) is 18.2 Å². The molecule has 3 N–H and O–H groups in total. The van der Waals surface area contributed by atoms with Gasteiger partial charge in [-0.3, -0.25) is 14.5 Å². The first-order valence-corrected chi connectivity index (χ1v) is 10.3. The molecule has 1 heterocycles. The standard InChI is InChI=1S/C18H15BrN4O4S/c1-11-2-5-14(6-3-11)28(26,27)23-15-7-4-13(19)8-12(15)9-20-16-10-21-18(25)22-17(16)24/h2-10,23H,1H3,(H2,21,22,24,25). The number of aryl methyl sites for hydroxylation is 1. The molecule has 0 aliphatic carbocycles. The second-order valence-corrected chi connectivity index (χ2v) is 8.46. The molecule has 0 aliphatic rings. The normalized spacial score (nSPS) is 11.6. The number of rotatable bonds is 5. The van der Waals surface area contributed by atoms with Crippen LogP contribution >= 0.6 is 15.9 Å². The van der Waals surface area contributed by atoms with Crippen molar-refractivity contribution in [3.8, 4) is 0 Å². The summed E-state index contributed by atoms with van der Waals surface area (Å²) in [5.41, 5.74) is 0.340. The van der Waals surface area contributed by atoms with E-state index in [2.05, 4.69) is 35.6 Å². The fourth-order valence-corrected chi connectivity index (χ4v) is 3.76. The number of aromatic amines is 2. The Kier molecular flexibility index (Phi) is 5.61. The number of nitrogens with one attached hydrogen (secondary N) is 3. The van der Waals surface area contributed by atoms with E-state index in [0.717, 1.165) is 5.56 Å². The molecule has 3 rings (SSSR count). The van der Waals surface area contributed by atoms with Gasteiger partial charge in [0.25, 0.3) is 15.6 Å². The maximum absolute atomic E-state index is 12.7. The Balaban J connectivity index is 1.97. The highest BCUT2D eigenvalue weighted by Gasteiger charge is 2.15. The van der Waals surface area contributed by atoms with Crippen molar-refractivity contribution >= 4 is 43.5 Å². The van der Waals surface area contributed by atoms with Gasteiger partial charge in [-0.2, -0.15) is 0 Å². The molecule has 28 heavy (non-hydrogen) atoms. The van der Waals surface area contributed by atoms with Gasteiger partial charge in [0.15, 0.2) is 0 Å². The average molecular weight is 463 g/mol. The highest BCUT2D eigenvalue weighted by atomic mass is 79.9. The summed E-state index contributed by atoms with van der Waals surface area (Å²) >= 11 is 3.32. The summed E-state index contributed by atoms with van der Waals surface area (Å²) in [5, 5.41) is 0. The molecule has 144 valence electrons. The molecule has 0 aliphatic heterocycles. The molecule has 0 saturated carbocycles. The van der Waals surface area contributed by atoms with Gasteiger partial charge in [-0.05, 0) is 37.3 Å². The number of nitrogens with zero attached hydrogens (tertiary/aromatic N) is 1. The molecule has 0 bridgehead atoms. The van der Waals surface area contributed by atoms with Crippen LogP contribution in [0.25, 0.3) is 0 Å². The van der Waals surface area contributed by atoms with Crippen LogP contribution in [0.1, 0.15) is 11.1 Å². The number of aromatic nitrogens is 2. The first-order chi connectivity index (χ1) is 13.2. The maximum Gasteiger partial charge on any atom is 0.325 e. The van der Waals surface area contributed by atoms with Crippen LogP contribution in [-0.2, 0) is 10.0 Å². The van der Waals surface area contributed by atoms with Gasteiger partial charge in [0.1, 0.15) is 5.69 Å². The lowest BCUT2D eigenvalue weighted by Crippen LogP contribution is -2.20. The molecule has 0 spiro atoms. The zero-order valence-corrected chi connectivity index (χ0v) is 17.0. The minimum Gasteiger partial charge on any atom is -0.312 e. The van der Waals surface area contributed by atoms with Crippen molar-refractivity contribution in [1.82, 2.24) is 9.97 Å². The van der Waals surface area contributed by atoms with Crippen LogP contribution < -0.4 is 16.0 Å². The van der Waals surface area contributed by atoms with E-state index in [1.54, 1.807) is 30.3 Å². The van der Waals surface area contributed by atoms with E-state index in [9.17, 15) is 18.0 Å². The number of H-pyrrole nitrogens is 2. The molecule has 0 fully saturated rings. The van der Waals surface area contributed by atoms with Crippen LogP contribution in [-0.4, -0.2) is 24.6 Å². The first-order valence-electron chi connectivity index (χ1n) is 8.00. The van der Waals surface area contributed by atoms with Crippen LogP contribution in [0.2, 0.25) is 0 Å². The fourth-order valence-electron chi connectivity index (χ4n) is 2.29. The molecule has 0 unspecified atom stereocenters. The van der Waals surface area contributed by atoms with Gasteiger partial charge in [-0.1, -0.05) is 33.6 Å². The van der Waals surface area contributed by atoms with E-state index in [1.165, 1.54) is 24.5 Å². The van der Waals surface area contributed by atoms with Crippen molar-refractivity contribution in [2.24, 2.45) is 4.99 Å². The van der Waals surface area contributed by atoms with Crippen LogP contribution in [0.3, 0.4) is 0 Å². The lowest BCUT2D eigenvalue weighted by Gasteiger charge is -2.11. The molecule has 1 aromatic heterocycles. The Labute approximate surface area is 168 Å². The van der Waals surface area contributed by atoms with Crippen LogP contribution in [0.15, 0.2) is 72.6 Å². The SMILES string of the molecule is Cc1ccc(S(=O)(=O)Nc2ccc(Br)cc2C=Nc2c[nH]c(=O)[nH]c2=O)cc1. The monoisotopic (exact) mass is 462 g/mol. The molecule has 8 nitrogen and oxygen atoms in total. The zero-order chi connectivity index (χ0) is 20.3. The number of sulfonamides is 1. The van der Waals surface area contributed by atoms with Crippen molar-refractivity contribution in [2.75, 3.05) is 4.72 Å². The van der Waals surface area contributed by atoms with Gasteiger partial charge in [0.05, 0.1) is 10.6 Å². The summed E-state index contributed by atoms with van der Waals surface area (Å²) in [4.78, 5) is 31.4. The molecular weight excluding hydrogens is 448 g/mol. The topological polar surface area (TPSA) is 124 Å². The summed E-state index contributed by atoms with van der Waals surface area (Å²) in [7, 11) is -3.80. The summed E-state index contributed by atoms with van der Waals surface area (Å²) in [6.07, 6.45) is 2.51. The van der Waals surface area contributed by atoms with E-state index < -0.39 is 21.3 Å². The molecule has 0 saturated heterocycles. The predicted molar refractivity (Wildman–Crippen MR) is 111 cm³/mol. The molecule has 0 amide bonds. The molecule has 0 radical (unpaired) electrons. The molecule has 3 aromatic rings. The lowest BCUT2D eigenvalue weighted by molar-refractivity contribution is 0.601. The van der Waals surface area contributed by atoms with Gasteiger partial charge in [-0.15, -0.1) is 0 Å². The van der Waals surface area contributed by atoms with Crippen LogP contribution in [0.5, 0.6) is 0 Å². The highest BCUT2D eigenvalue weighted by molar-refractivity contribution is 9.10. The highest BCUT2D eigenvalue weighted by Crippen LogP contribution is 2.23. The van der Waals surface area contributed by atoms with Gasteiger partial charge in [0.2, 0.25) is 0 Å². The van der Waals surface area contributed by atoms with E-state index in [-0.39, 0.29) is 16.3 Å². The summed E-state index contributed by atoms with van der Waals surface area (Å²) in [6, 6.07) is 11.4. The molecule has 0 atom stereocenters. The Morgan fingerprint density at radius 2 is 1.82 bits per heavy atom. The van der Waals surface area contributed by atoms with E-state index >= 15 is 0 Å². The van der Waals surface area contributed by atoms with E-state index in [1.807, 2.05) is 6.92 Å². The van der Waals surface area contributed by atoms with Gasteiger partial charge >= 0.3 is 5.69 Å². The van der Waals surface area contributed by atoms with Gasteiger partial charge in [0, 0.05) is 22.4 Å². The molecule has 10 heteroatoms. The largest absolute Gasteiger partial charge is 0.325 e. The minimum absolute atomic E-state index is 0.0214. The first kappa shape index (κ1) is 19.8. The van der Waals surface area contributed by atoms with Crippen molar-refractivity contribution < 1.29 is 8.42 Å². The second-order valence-electron chi connectivity index (χ2n) is 5.87.